The molecule has 7 nitrogen and oxygen atoms in total. The number of rotatable bonds is 6. The molecule has 1 aromatic carbocycles. The number of aromatic nitrogens is 4. The third kappa shape index (κ3) is 3.76. The molecule has 0 atom stereocenters. The monoisotopic (exact) mass is 426 g/mol. The van der Waals surface area contributed by atoms with Crippen LogP contribution >= 0.6 is 0 Å². The lowest BCUT2D eigenvalue weighted by Crippen LogP contribution is -2.03. The van der Waals surface area contributed by atoms with E-state index in [-0.39, 0.29) is 10.7 Å². The Morgan fingerprint density at radius 3 is 2.73 bits per heavy atom. The highest BCUT2D eigenvalue weighted by Crippen LogP contribution is 2.27. The van der Waals surface area contributed by atoms with Gasteiger partial charge in [0.05, 0.1) is 12.0 Å². The standard InChI is InChI=1S/C21H19FN4O3S/c1-29-20-5-3-4-19(22)18(20)9-7-15-6-8-17(21-25-24-13-26(15)21)14-10-16(12-23-11-14)30(2,27)28/h3-6,8,10-13H,7,9H2,1-2H3. The molecule has 0 amide bonds. The Bertz CT molecular complexity index is 1340. The van der Waals surface area contributed by atoms with Gasteiger partial charge in [-0.05, 0) is 43.2 Å². The van der Waals surface area contributed by atoms with Gasteiger partial charge in [0, 0.05) is 41.0 Å². The van der Waals surface area contributed by atoms with Crippen molar-refractivity contribution in [3.05, 3.63) is 72.2 Å². The van der Waals surface area contributed by atoms with Crippen molar-refractivity contribution in [1.29, 1.82) is 0 Å². The molecule has 0 spiro atoms. The fraction of sp³-hybridized carbons (Fsp3) is 0.190. The molecule has 0 bridgehead atoms. The maximum absolute atomic E-state index is 14.2. The molecule has 0 aliphatic heterocycles. The minimum absolute atomic E-state index is 0.133. The number of methoxy groups -OCH3 is 1. The Morgan fingerprint density at radius 2 is 1.97 bits per heavy atom. The van der Waals surface area contributed by atoms with Gasteiger partial charge in [0.1, 0.15) is 17.9 Å². The molecule has 0 saturated carbocycles. The molecular weight excluding hydrogens is 407 g/mol. The molecule has 4 rings (SSSR count). The second-order valence-corrected chi connectivity index (χ2v) is 8.88. The highest BCUT2D eigenvalue weighted by atomic mass is 32.2. The van der Waals surface area contributed by atoms with Gasteiger partial charge in [0.15, 0.2) is 15.5 Å². The molecule has 9 heteroatoms. The van der Waals surface area contributed by atoms with Crippen LogP contribution in [0.25, 0.3) is 16.8 Å². The number of benzene rings is 1. The molecule has 0 aliphatic rings. The van der Waals surface area contributed by atoms with E-state index in [1.54, 1.807) is 30.7 Å². The van der Waals surface area contributed by atoms with Crippen molar-refractivity contribution >= 4 is 15.5 Å². The maximum Gasteiger partial charge on any atom is 0.177 e. The summed E-state index contributed by atoms with van der Waals surface area (Å²) in [4.78, 5) is 4.19. The first-order valence-corrected chi connectivity index (χ1v) is 11.1. The highest BCUT2D eigenvalue weighted by molar-refractivity contribution is 7.90. The molecular formula is C21H19FN4O3S. The summed E-state index contributed by atoms with van der Waals surface area (Å²) < 4.78 is 45.1. The van der Waals surface area contributed by atoms with Crippen LogP contribution in [-0.2, 0) is 22.7 Å². The number of hydrogen-bond acceptors (Lipinski definition) is 6. The number of sulfone groups is 1. The van der Waals surface area contributed by atoms with Gasteiger partial charge in [0.2, 0.25) is 0 Å². The van der Waals surface area contributed by atoms with Crippen LogP contribution in [0.3, 0.4) is 0 Å². The van der Waals surface area contributed by atoms with E-state index in [0.29, 0.717) is 40.9 Å². The van der Waals surface area contributed by atoms with Crippen molar-refractivity contribution in [1.82, 2.24) is 19.6 Å². The average molecular weight is 426 g/mol. The molecule has 0 unspecified atom stereocenters. The minimum atomic E-state index is -3.38. The predicted molar refractivity (Wildman–Crippen MR) is 110 cm³/mol. The van der Waals surface area contributed by atoms with Gasteiger partial charge >= 0.3 is 0 Å². The van der Waals surface area contributed by atoms with E-state index in [2.05, 4.69) is 15.2 Å². The minimum Gasteiger partial charge on any atom is -0.496 e. The Labute approximate surface area is 173 Å². The molecule has 0 fully saturated rings. The SMILES string of the molecule is COc1cccc(F)c1CCc1ccc(-c2cncc(S(C)(=O)=O)c2)c2nncn12. The lowest BCUT2D eigenvalue weighted by atomic mass is 10.0. The topological polar surface area (TPSA) is 86.5 Å². The fourth-order valence-corrected chi connectivity index (χ4v) is 3.98. The zero-order valence-corrected chi connectivity index (χ0v) is 17.2. The molecule has 3 heterocycles. The second-order valence-electron chi connectivity index (χ2n) is 6.87. The molecule has 30 heavy (non-hydrogen) atoms. The van der Waals surface area contributed by atoms with Crippen molar-refractivity contribution in [2.75, 3.05) is 13.4 Å². The van der Waals surface area contributed by atoms with E-state index < -0.39 is 9.84 Å². The molecule has 0 N–H and O–H groups in total. The zero-order chi connectivity index (χ0) is 21.3. The van der Waals surface area contributed by atoms with Crippen LogP contribution in [0.1, 0.15) is 11.3 Å². The first-order valence-electron chi connectivity index (χ1n) is 9.17. The largest absolute Gasteiger partial charge is 0.496 e. The van der Waals surface area contributed by atoms with Gasteiger partial charge in [-0.2, -0.15) is 0 Å². The number of halogens is 1. The first-order chi connectivity index (χ1) is 14.4. The quantitative estimate of drug-likeness (QED) is 0.471. The first kappa shape index (κ1) is 20.0. The summed E-state index contributed by atoms with van der Waals surface area (Å²) >= 11 is 0. The Hall–Kier alpha value is -3.33. The molecule has 0 saturated heterocycles. The van der Waals surface area contributed by atoms with Crippen LogP contribution in [0, 0.1) is 5.82 Å². The summed E-state index contributed by atoms with van der Waals surface area (Å²) in [5.74, 6) is 0.199. The number of fused-ring (bicyclic) bond motifs is 1. The van der Waals surface area contributed by atoms with Crippen LogP contribution in [0.15, 0.2) is 60.0 Å². The van der Waals surface area contributed by atoms with Crippen LogP contribution in [0.2, 0.25) is 0 Å². The fourth-order valence-electron chi connectivity index (χ4n) is 3.39. The molecule has 0 aliphatic carbocycles. The zero-order valence-electron chi connectivity index (χ0n) is 16.4. The van der Waals surface area contributed by atoms with E-state index in [1.165, 1.54) is 19.4 Å². The van der Waals surface area contributed by atoms with Gasteiger partial charge in [-0.25, -0.2) is 12.8 Å². The summed E-state index contributed by atoms with van der Waals surface area (Å²) in [7, 11) is -1.87. The van der Waals surface area contributed by atoms with E-state index in [4.69, 9.17) is 4.74 Å². The number of hydrogen-bond donors (Lipinski definition) is 0. The van der Waals surface area contributed by atoms with Crippen molar-refractivity contribution in [3.63, 3.8) is 0 Å². The predicted octanol–water partition coefficient (Wildman–Crippen LogP) is 3.13. The summed E-state index contributed by atoms with van der Waals surface area (Å²) in [5.41, 5.74) is 3.29. The normalized spacial score (nSPS) is 11.7. The summed E-state index contributed by atoms with van der Waals surface area (Å²) in [5, 5.41) is 8.19. The lowest BCUT2D eigenvalue weighted by Gasteiger charge is -2.12. The molecule has 3 aromatic heterocycles. The van der Waals surface area contributed by atoms with Crippen molar-refractivity contribution < 1.29 is 17.5 Å². The van der Waals surface area contributed by atoms with E-state index in [1.807, 2.05) is 16.5 Å². The summed E-state index contributed by atoms with van der Waals surface area (Å²) in [6, 6.07) is 10.1. The van der Waals surface area contributed by atoms with Gasteiger partial charge in [-0.15, -0.1) is 10.2 Å². The lowest BCUT2D eigenvalue weighted by molar-refractivity contribution is 0.404. The van der Waals surface area contributed by atoms with Crippen molar-refractivity contribution in [2.24, 2.45) is 0 Å². The van der Waals surface area contributed by atoms with Crippen LogP contribution in [0.4, 0.5) is 4.39 Å². The Balaban J connectivity index is 1.71. The third-order valence-corrected chi connectivity index (χ3v) is 6.00. The number of nitrogens with zero attached hydrogens (tertiary/aromatic N) is 4. The maximum atomic E-state index is 14.2. The number of pyridine rings is 2. The van der Waals surface area contributed by atoms with Crippen molar-refractivity contribution in [2.45, 2.75) is 17.7 Å². The van der Waals surface area contributed by atoms with E-state index in [0.717, 1.165) is 11.9 Å². The summed E-state index contributed by atoms with van der Waals surface area (Å²) in [6.07, 6.45) is 6.60. The smallest absolute Gasteiger partial charge is 0.177 e. The Kier molecular flexibility index (Phi) is 5.21. The van der Waals surface area contributed by atoms with Crippen LogP contribution < -0.4 is 4.74 Å². The molecule has 0 radical (unpaired) electrons. The second kappa shape index (κ2) is 7.83. The third-order valence-electron chi connectivity index (χ3n) is 4.92. The Morgan fingerprint density at radius 1 is 1.13 bits per heavy atom. The van der Waals surface area contributed by atoms with Gasteiger partial charge in [0.25, 0.3) is 0 Å². The molecule has 4 aromatic rings. The van der Waals surface area contributed by atoms with Gasteiger partial charge < -0.3 is 4.74 Å². The summed E-state index contributed by atoms with van der Waals surface area (Å²) in [6.45, 7) is 0. The number of ether oxygens (including phenoxy) is 1. The van der Waals surface area contributed by atoms with Crippen molar-refractivity contribution in [3.8, 4) is 16.9 Å². The molecule has 154 valence electrons. The van der Waals surface area contributed by atoms with E-state index in [9.17, 15) is 12.8 Å². The van der Waals surface area contributed by atoms with E-state index >= 15 is 0 Å². The average Bonchev–Trinajstić information content (AvgIpc) is 3.22. The number of aryl methyl sites for hydroxylation is 1. The highest BCUT2D eigenvalue weighted by Gasteiger charge is 2.15. The van der Waals surface area contributed by atoms with Crippen LogP contribution in [-0.4, -0.2) is 41.4 Å². The van der Waals surface area contributed by atoms with Gasteiger partial charge in [-0.1, -0.05) is 6.07 Å². The van der Waals surface area contributed by atoms with Gasteiger partial charge in [-0.3, -0.25) is 9.38 Å². The van der Waals surface area contributed by atoms with Crippen LogP contribution in [0.5, 0.6) is 5.75 Å².